The van der Waals surface area contributed by atoms with E-state index < -0.39 is 10.0 Å². The van der Waals surface area contributed by atoms with Crippen LogP contribution in [0.3, 0.4) is 0 Å². The third-order valence-electron chi connectivity index (χ3n) is 5.41. The summed E-state index contributed by atoms with van der Waals surface area (Å²) in [7, 11) is -3.69. The molecular weight excluding hydrogens is 382 g/mol. The maximum atomic E-state index is 13.8. The molecule has 4 rings (SSSR count). The van der Waals surface area contributed by atoms with E-state index >= 15 is 0 Å². The summed E-state index contributed by atoms with van der Waals surface area (Å²) >= 11 is 0. The van der Waals surface area contributed by atoms with E-state index in [1.807, 2.05) is 73.7 Å². The summed E-state index contributed by atoms with van der Waals surface area (Å²) in [5.41, 5.74) is 3.88. The maximum absolute atomic E-state index is 13.8. The minimum Gasteiger partial charge on any atom is -0.375 e. The monoisotopic (exact) mass is 407 g/mol. The zero-order valence-corrected chi connectivity index (χ0v) is 17.3. The fourth-order valence-corrected chi connectivity index (χ4v) is 5.65. The largest absolute Gasteiger partial charge is 0.375 e. The highest BCUT2D eigenvalue weighted by atomic mass is 32.2. The zero-order chi connectivity index (χ0) is 20.3. The summed E-state index contributed by atoms with van der Waals surface area (Å²) in [6.45, 7) is 3.04. The van der Waals surface area contributed by atoms with E-state index in [0.717, 1.165) is 22.3 Å². The molecule has 0 N–H and O–H groups in total. The summed E-state index contributed by atoms with van der Waals surface area (Å²) in [6.07, 6.45) is 0.605. The Labute approximate surface area is 172 Å². The standard InChI is InChI=1S/C24H25NO3S/c1-19-9-5-8-14-24(19)29(26,27)25-16-21-12-6-7-13-22(21)17-28-18-23(25)15-20-10-3-2-4-11-20/h2-14,23H,15-18H2,1H3. The van der Waals surface area contributed by atoms with Gasteiger partial charge in [0.05, 0.1) is 24.2 Å². The number of ether oxygens (including phenoxy) is 1. The third-order valence-corrected chi connectivity index (χ3v) is 7.47. The van der Waals surface area contributed by atoms with Crippen molar-refractivity contribution >= 4 is 10.0 Å². The van der Waals surface area contributed by atoms with Crippen molar-refractivity contribution in [2.45, 2.75) is 37.4 Å². The van der Waals surface area contributed by atoms with Crippen LogP contribution in [0.15, 0.2) is 83.8 Å². The Bertz CT molecular complexity index is 1080. The predicted molar refractivity (Wildman–Crippen MR) is 114 cm³/mol. The molecule has 3 aromatic rings. The van der Waals surface area contributed by atoms with E-state index in [1.165, 1.54) is 0 Å². The Balaban J connectivity index is 1.78. The van der Waals surface area contributed by atoms with Crippen molar-refractivity contribution in [3.63, 3.8) is 0 Å². The van der Waals surface area contributed by atoms with Crippen LogP contribution in [-0.4, -0.2) is 25.4 Å². The lowest BCUT2D eigenvalue weighted by molar-refractivity contribution is 0.0673. The topological polar surface area (TPSA) is 46.6 Å². The lowest BCUT2D eigenvalue weighted by Gasteiger charge is -2.34. The molecule has 1 unspecified atom stereocenters. The number of nitrogens with zero attached hydrogens (tertiary/aromatic N) is 1. The molecule has 1 heterocycles. The quantitative estimate of drug-likeness (QED) is 0.647. The molecule has 0 radical (unpaired) electrons. The first-order valence-corrected chi connectivity index (χ1v) is 11.3. The molecule has 0 amide bonds. The summed E-state index contributed by atoms with van der Waals surface area (Å²) in [4.78, 5) is 0.358. The molecule has 1 aliphatic heterocycles. The van der Waals surface area contributed by atoms with Crippen molar-refractivity contribution in [3.05, 3.63) is 101 Å². The smallest absolute Gasteiger partial charge is 0.243 e. The van der Waals surface area contributed by atoms with E-state index in [9.17, 15) is 8.42 Å². The van der Waals surface area contributed by atoms with Crippen LogP contribution in [0.4, 0.5) is 0 Å². The lowest BCUT2D eigenvalue weighted by atomic mass is 10.0. The summed E-state index contributed by atoms with van der Waals surface area (Å²) in [6, 6.07) is 24.8. The molecule has 0 saturated heterocycles. The number of aryl methyl sites for hydroxylation is 1. The van der Waals surface area contributed by atoms with Crippen molar-refractivity contribution in [3.8, 4) is 0 Å². The van der Waals surface area contributed by atoms with Crippen LogP contribution in [0.2, 0.25) is 0 Å². The first kappa shape index (κ1) is 19.8. The summed E-state index contributed by atoms with van der Waals surface area (Å²) < 4.78 is 35.1. The van der Waals surface area contributed by atoms with Crippen LogP contribution in [0.5, 0.6) is 0 Å². The summed E-state index contributed by atoms with van der Waals surface area (Å²) in [5, 5.41) is 0. The van der Waals surface area contributed by atoms with Gasteiger partial charge in [-0.2, -0.15) is 4.31 Å². The SMILES string of the molecule is Cc1ccccc1S(=O)(=O)N1Cc2ccccc2COCC1Cc1ccccc1. The normalized spacial score (nSPS) is 17.9. The maximum Gasteiger partial charge on any atom is 0.243 e. The Hall–Kier alpha value is -2.47. The van der Waals surface area contributed by atoms with E-state index in [4.69, 9.17) is 4.74 Å². The molecule has 0 aliphatic carbocycles. The van der Waals surface area contributed by atoms with E-state index in [2.05, 4.69) is 0 Å². The molecule has 29 heavy (non-hydrogen) atoms. The van der Waals surface area contributed by atoms with Crippen molar-refractivity contribution in [2.75, 3.05) is 6.61 Å². The van der Waals surface area contributed by atoms with Gasteiger partial charge in [0.1, 0.15) is 0 Å². The molecule has 150 valence electrons. The molecule has 0 spiro atoms. The van der Waals surface area contributed by atoms with Gasteiger partial charge in [-0.15, -0.1) is 0 Å². The molecule has 0 saturated carbocycles. The molecule has 0 aromatic heterocycles. The van der Waals surface area contributed by atoms with Gasteiger partial charge in [0, 0.05) is 6.54 Å². The van der Waals surface area contributed by atoms with Crippen LogP contribution in [-0.2, 0) is 34.3 Å². The van der Waals surface area contributed by atoms with Gasteiger partial charge in [-0.25, -0.2) is 8.42 Å². The van der Waals surface area contributed by atoms with Gasteiger partial charge in [-0.1, -0.05) is 72.8 Å². The number of rotatable bonds is 4. The van der Waals surface area contributed by atoms with Crippen molar-refractivity contribution in [2.24, 2.45) is 0 Å². The van der Waals surface area contributed by atoms with E-state index in [-0.39, 0.29) is 6.04 Å². The first-order chi connectivity index (χ1) is 14.1. The first-order valence-electron chi connectivity index (χ1n) is 9.81. The van der Waals surface area contributed by atoms with Gasteiger partial charge in [0.25, 0.3) is 0 Å². The highest BCUT2D eigenvalue weighted by molar-refractivity contribution is 7.89. The molecule has 0 bridgehead atoms. The molecule has 3 aromatic carbocycles. The van der Waals surface area contributed by atoms with Gasteiger partial charge in [-0.3, -0.25) is 0 Å². The van der Waals surface area contributed by atoms with Gasteiger partial charge in [0.15, 0.2) is 0 Å². The minimum absolute atomic E-state index is 0.282. The number of hydrogen-bond donors (Lipinski definition) is 0. The number of fused-ring (bicyclic) bond motifs is 1. The van der Waals surface area contributed by atoms with Crippen molar-refractivity contribution < 1.29 is 13.2 Å². The Morgan fingerprint density at radius 3 is 2.31 bits per heavy atom. The van der Waals surface area contributed by atoms with E-state index in [0.29, 0.717) is 31.1 Å². The molecule has 4 nitrogen and oxygen atoms in total. The van der Waals surface area contributed by atoms with Crippen LogP contribution in [0, 0.1) is 6.92 Å². The second kappa shape index (κ2) is 8.49. The van der Waals surface area contributed by atoms with Crippen LogP contribution in [0.1, 0.15) is 22.3 Å². The molecule has 1 aliphatic rings. The van der Waals surface area contributed by atoms with Gasteiger partial charge in [0.2, 0.25) is 10.0 Å². The minimum atomic E-state index is -3.69. The highest BCUT2D eigenvalue weighted by Crippen LogP contribution is 2.28. The zero-order valence-electron chi connectivity index (χ0n) is 16.5. The molecule has 1 atom stereocenters. The van der Waals surface area contributed by atoms with Crippen LogP contribution in [0.25, 0.3) is 0 Å². The van der Waals surface area contributed by atoms with Gasteiger partial charge >= 0.3 is 0 Å². The van der Waals surface area contributed by atoms with Crippen LogP contribution >= 0.6 is 0 Å². The predicted octanol–water partition coefficient (Wildman–Crippen LogP) is 4.33. The average molecular weight is 408 g/mol. The highest BCUT2D eigenvalue weighted by Gasteiger charge is 2.34. The van der Waals surface area contributed by atoms with Crippen molar-refractivity contribution in [1.82, 2.24) is 4.31 Å². The molecule has 5 heteroatoms. The Morgan fingerprint density at radius 2 is 1.55 bits per heavy atom. The van der Waals surface area contributed by atoms with Gasteiger partial charge < -0.3 is 4.74 Å². The van der Waals surface area contributed by atoms with Crippen LogP contribution < -0.4 is 0 Å². The van der Waals surface area contributed by atoms with Gasteiger partial charge in [-0.05, 0) is 41.7 Å². The molecular formula is C24H25NO3S. The fourth-order valence-electron chi connectivity index (χ4n) is 3.84. The summed E-state index contributed by atoms with van der Waals surface area (Å²) in [5.74, 6) is 0. The van der Waals surface area contributed by atoms with E-state index in [1.54, 1.807) is 16.4 Å². The average Bonchev–Trinajstić information content (AvgIpc) is 2.71. The second-order valence-corrected chi connectivity index (χ2v) is 9.30. The number of benzene rings is 3. The lowest BCUT2D eigenvalue weighted by Crippen LogP contribution is -2.45. The number of hydrogen-bond acceptors (Lipinski definition) is 3. The fraction of sp³-hybridized carbons (Fsp3) is 0.250. The Kier molecular flexibility index (Phi) is 5.81. The second-order valence-electron chi connectivity index (χ2n) is 7.44. The molecule has 0 fully saturated rings. The van der Waals surface area contributed by atoms with Crippen molar-refractivity contribution in [1.29, 1.82) is 0 Å². The number of sulfonamides is 1. The Morgan fingerprint density at radius 1 is 0.897 bits per heavy atom. The third kappa shape index (κ3) is 4.27.